The van der Waals surface area contributed by atoms with E-state index in [0.717, 1.165) is 27.8 Å². The van der Waals surface area contributed by atoms with Crippen LogP contribution in [0, 0.1) is 0 Å². The van der Waals surface area contributed by atoms with Gasteiger partial charge >= 0.3 is 12.1 Å². The van der Waals surface area contributed by atoms with Gasteiger partial charge in [0.15, 0.2) is 6.04 Å². The topological polar surface area (TPSA) is 114 Å². The fourth-order valence-electron chi connectivity index (χ4n) is 5.30. The van der Waals surface area contributed by atoms with Crippen LogP contribution >= 0.6 is 0 Å². The van der Waals surface area contributed by atoms with Crippen molar-refractivity contribution >= 4 is 18.0 Å². The van der Waals surface area contributed by atoms with Crippen LogP contribution < -0.4 is 5.32 Å². The third-order valence-electron chi connectivity index (χ3n) is 7.40. The van der Waals surface area contributed by atoms with E-state index in [4.69, 9.17) is 14.2 Å². The third kappa shape index (κ3) is 5.85. The summed E-state index contributed by atoms with van der Waals surface area (Å²) < 4.78 is 16.9. The van der Waals surface area contributed by atoms with Crippen LogP contribution in [0.1, 0.15) is 29.5 Å². The average molecular weight is 545 g/mol. The van der Waals surface area contributed by atoms with E-state index in [1.54, 1.807) is 6.92 Å². The molecule has 9 nitrogen and oxygen atoms in total. The number of benzene rings is 3. The SMILES string of the molecule is C[C@H](OCc1ccccc1)[C@@H](NC(=O)OCC1c2ccccc2-c2ccccc21)C(=O)N1CCOCC1C(=O)O. The highest BCUT2D eigenvalue weighted by atomic mass is 16.5. The van der Waals surface area contributed by atoms with Gasteiger partial charge in [0, 0.05) is 12.5 Å². The number of hydrogen-bond acceptors (Lipinski definition) is 6. The summed E-state index contributed by atoms with van der Waals surface area (Å²) in [5, 5.41) is 12.3. The molecule has 0 radical (unpaired) electrons. The Labute approximate surface area is 232 Å². The van der Waals surface area contributed by atoms with Gasteiger partial charge in [-0.25, -0.2) is 9.59 Å². The van der Waals surface area contributed by atoms with Crippen LogP contribution in [-0.4, -0.2) is 72.5 Å². The molecule has 2 aliphatic rings. The number of aliphatic carboxylic acids is 1. The Hall–Kier alpha value is -4.21. The Morgan fingerprint density at radius 3 is 2.25 bits per heavy atom. The summed E-state index contributed by atoms with van der Waals surface area (Å²) in [5.74, 6) is -1.88. The van der Waals surface area contributed by atoms with Crippen LogP contribution in [0.3, 0.4) is 0 Å². The molecule has 1 aliphatic carbocycles. The molecule has 208 valence electrons. The summed E-state index contributed by atoms with van der Waals surface area (Å²) in [6.07, 6.45) is -1.55. The highest BCUT2D eigenvalue weighted by molar-refractivity contribution is 5.90. The van der Waals surface area contributed by atoms with Crippen molar-refractivity contribution in [1.82, 2.24) is 10.2 Å². The van der Waals surface area contributed by atoms with E-state index < -0.39 is 36.2 Å². The number of morpholine rings is 1. The standard InChI is InChI=1S/C31H32N2O7/c1-20(39-17-21-9-3-2-4-10-21)28(29(34)33-15-16-38-19-27(33)30(35)36)32-31(37)40-18-26-24-13-7-5-11-22(24)23-12-6-8-14-25(23)26/h2-14,20,26-28H,15-19H2,1H3,(H,32,37)(H,35,36)/t20-,27?,28+/m0/s1. The van der Waals surface area contributed by atoms with Gasteiger partial charge in [0.2, 0.25) is 5.91 Å². The van der Waals surface area contributed by atoms with Crippen molar-refractivity contribution in [3.8, 4) is 11.1 Å². The monoisotopic (exact) mass is 544 g/mol. The number of carbonyl (C=O) groups excluding carboxylic acids is 2. The van der Waals surface area contributed by atoms with Crippen molar-refractivity contribution in [2.45, 2.75) is 37.6 Å². The number of nitrogens with one attached hydrogen (secondary N) is 1. The number of amides is 2. The lowest BCUT2D eigenvalue weighted by Crippen LogP contribution is -2.61. The summed E-state index contributed by atoms with van der Waals surface area (Å²) in [4.78, 5) is 39.8. The van der Waals surface area contributed by atoms with E-state index in [1.165, 1.54) is 4.90 Å². The van der Waals surface area contributed by atoms with E-state index in [0.29, 0.717) is 0 Å². The van der Waals surface area contributed by atoms with Crippen molar-refractivity contribution in [2.75, 3.05) is 26.4 Å². The summed E-state index contributed by atoms with van der Waals surface area (Å²) in [6.45, 7) is 2.12. The molecule has 0 saturated carbocycles. The maximum atomic E-state index is 13.6. The van der Waals surface area contributed by atoms with Crippen molar-refractivity contribution in [3.63, 3.8) is 0 Å². The van der Waals surface area contributed by atoms with Crippen LogP contribution in [0.15, 0.2) is 78.9 Å². The van der Waals surface area contributed by atoms with E-state index in [9.17, 15) is 19.5 Å². The Balaban J connectivity index is 1.31. The van der Waals surface area contributed by atoms with E-state index in [1.807, 2.05) is 66.7 Å². The molecule has 0 spiro atoms. The highest BCUT2D eigenvalue weighted by Crippen LogP contribution is 2.44. The molecule has 40 heavy (non-hydrogen) atoms. The first-order valence-corrected chi connectivity index (χ1v) is 13.3. The lowest BCUT2D eigenvalue weighted by molar-refractivity contribution is -0.161. The molecule has 9 heteroatoms. The van der Waals surface area contributed by atoms with Gasteiger partial charge in [-0.3, -0.25) is 4.79 Å². The molecular weight excluding hydrogens is 512 g/mol. The van der Waals surface area contributed by atoms with Gasteiger partial charge in [-0.15, -0.1) is 0 Å². The smallest absolute Gasteiger partial charge is 0.407 e. The number of carboxylic acids is 1. The van der Waals surface area contributed by atoms with Crippen molar-refractivity contribution < 1.29 is 33.7 Å². The van der Waals surface area contributed by atoms with Gasteiger partial charge in [-0.1, -0.05) is 78.9 Å². The number of nitrogens with zero attached hydrogens (tertiary/aromatic N) is 1. The zero-order valence-electron chi connectivity index (χ0n) is 22.2. The van der Waals surface area contributed by atoms with Gasteiger partial charge in [0.25, 0.3) is 0 Å². The van der Waals surface area contributed by atoms with Crippen molar-refractivity contribution in [1.29, 1.82) is 0 Å². The minimum atomic E-state index is -1.18. The highest BCUT2D eigenvalue weighted by Gasteiger charge is 2.39. The molecule has 1 fully saturated rings. The Bertz CT molecular complexity index is 1320. The first kappa shape index (κ1) is 27.4. The summed E-state index contributed by atoms with van der Waals surface area (Å²) in [5.41, 5.74) is 5.25. The van der Waals surface area contributed by atoms with Crippen LogP contribution in [0.5, 0.6) is 0 Å². The largest absolute Gasteiger partial charge is 0.480 e. The predicted molar refractivity (Wildman–Crippen MR) is 147 cm³/mol. The number of carbonyl (C=O) groups is 3. The molecule has 1 heterocycles. The Morgan fingerprint density at radius 1 is 0.975 bits per heavy atom. The number of rotatable bonds is 9. The van der Waals surface area contributed by atoms with Crippen LogP contribution in [0.25, 0.3) is 11.1 Å². The minimum absolute atomic E-state index is 0.0787. The molecule has 5 rings (SSSR count). The minimum Gasteiger partial charge on any atom is -0.480 e. The van der Waals surface area contributed by atoms with E-state index >= 15 is 0 Å². The maximum Gasteiger partial charge on any atom is 0.407 e. The normalized spacial score (nSPS) is 17.8. The fourth-order valence-corrected chi connectivity index (χ4v) is 5.30. The number of ether oxygens (including phenoxy) is 3. The summed E-state index contributed by atoms with van der Waals surface area (Å²) in [6, 6.07) is 23.1. The molecule has 2 N–H and O–H groups in total. The number of carboxylic acid groups (broad SMARTS) is 1. The molecule has 2 amide bonds. The van der Waals surface area contributed by atoms with E-state index in [2.05, 4.69) is 17.4 Å². The lowest BCUT2D eigenvalue weighted by Gasteiger charge is -2.36. The lowest BCUT2D eigenvalue weighted by atomic mass is 9.98. The van der Waals surface area contributed by atoms with Gasteiger partial charge in [0.1, 0.15) is 12.6 Å². The number of fused-ring (bicyclic) bond motifs is 3. The Kier molecular flexibility index (Phi) is 8.42. The van der Waals surface area contributed by atoms with Gasteiger partial charge in [-0.05, 0) is 34.7 Å². The molecule has 1 saturated heterocycles. The predicted octanol–water partition coefficient (Wildman–Crippen LogP) is 3.81. The summed E-state index contributed by atoms with van der Waals surface area (Å²) in [7, 11) is 0. The molecule has 1 unspecified atom stereocenters. The first-order chi connectivity index (χ1) is 19.4. The summed E-state index contributed by atoms with van der Waals surface area (Å²) >= 11 is 0. The Morgan fingerprint density at radius 2 is 1.60 bits per heavy atom. The quantitative estimate of drug-likeness (QED) is 0.421. The molecule has 3 aromatic rings. The van der Waals surface area contributed by atoms with Gasteiger partial charge in [0.05, 0.1) is 25.9 Å². The fraction of sp³-hybridized carbons (Fsp3) is 0.323. The molecule has 3 aromatic carbocycles. The second-order valence-electron chi connectivity index (χ2n) is 9.91. The van der Waals surface area contributed by atoms with Gasteiger partial charge in [-0.2, -0.15) is 0 Å². The van der Waals surface area contributed by atoms with Crippen molar-refractivity contribution in [2.24, 2.45) is 0 Å². The van der Waals surface area contributed by atoms with Gasteiger partial charge < -0.3 is 29.5 Å². The van der Waals surface area contributed by atoms with Crippen LogP contribution in [0.4, 0.5) is 4.79 Å². The molecule has 1 aliphatic heterocycles. The molecule has 3 atom stereocenters. The van der Waals surface area contributed by atoms with Crippen LogP contribution in [0.2, 0.25) is 0 Å². The van der Waals surface area contributed by atoms with Crippen LogP contribution in [-0.2, 0) is 30.4 Å². The second kappa shape index (κ2) is 12.3. The van der Waals surface area contributed by atoms with E-state index in [-0.39, 0.29) is 38.9 Å². The molecule has 0 bridgehead atoms. The number of alkyl carbamates (subject to hydrolysis) is 1. The zero-order chi connectivity index (χ0) is 28.1. The first-order valence-electron chi connectivity index (χ1n) is 13.3. The molecular formula is C31H32N2O7. The molecule has 0 aromatic heterocycles. The third-order valence-corrected chi connectivity index (χ3v) is 7.40. The second-order valence-corrected chi connectivity index (χ2v) is 9.91. The van der Waals surface area contributed by atoms with Crippen molar-refractivity contribution in [3.05, 3.63) is 95.6 Å². The maximum absolute atomic E-state index is 13.6. The zero-order valence-corrected chi connectivity index (χ0v) is 22.2. The average Bonchev–Trinajstić information content (AvgIpc) is 3.31. The number of hydrogen-bond donors (Lipinski definition) is 2.